The number of esters is 1. The molecule has 2 rings (SSSR count). The second kappa shape index (κ2) is 11.9. The average molecular weight is 468 g/mol. The van der Waals surface area contributed by atoms with Crippen molar-refractivity contribution in [3.05, 3.63) is 59.4 Å². The molecule has 0 bridgehead atoms. The molecule has 2 unspecified atom stereocenters. The number of alkyl halides is 1. The number of ether oxygens (including phenoxy) is 5. The fraction of sp³-hybridized carbons (Fsp3) is 0.478. The molecule has 1 aromatic carbocycles. The Hall–Kier alpha value is -2.55. The van der Waals surface area contributed by atoms with Crippen LogP contribution in [0, 0.1) is 0 Å². The molecule has 32 heavy (non-hydrogen) atoms. The first-order valence-electron chi connectivity index (χ1n) is 10.1. The van der Waals surface area contributed by atoms with E-state index in [9.17, 15) is 9.59 Å². The molecule has 1 aromatic rings. The van der Waals surface area contributed by atoms with Gasteiger partial charge in [-0.15, -0.1) is 0 Å². The molecular weight excluding hydrogens is 438 g/mol. The van der Waals surface area contributed by atoms with Crippen molar-refractivity contribution in [1.82, 2.24) is 4.90 Å². The molecule has 0 heterocycles. The number of halogens is 1. The lowest BCUT2D eigenvalue weighted by Gasteiger charge is -2.40. The molecule has 0 spiro atoms. The van der Waals surface area contributed by atoms with Crippen LogP contribution in [0.3, 0.4) is 0 Å². The zero-order valence-electron chi connectivity index (χ0n) is 19.0. The van der Waals surface area contributed by atoms with Crippen LogP contribution < -0.4 is 0 Å². The number of nitrogens with zero attached hydrogens (tertiary/aromatic N) is 1. The Morgan fingerprint density at radius 1 is 1.09 bits per heavy atom. The third kappa shape index (κ3) is 5.43. The highest BCUT2D eigenvalue weighted by molar-refractivity contribution is 6.17. The van der Waals surface area contributed by atoms with Crippen LogP contribution >= 0.6 is 11.6 Å². The molecule has 1 aliphatic carbocycles. The van der Waals surface area contributed by atoms with Crippen molar-refractivity contribution in [3.8, 4) is 0 Å². The van der Waals surface area contributed by atoms with Gasteiger partial charge in [0.05, 0.1) is 12.7 Å². The van der Waals surface area contributed by atoms with Gasteiger partial charge in [-0.1, -0.05) is 48.9 Å². The number of carbonyl (C=O) groups is 2. The summed E-state index contributed by atoms with van der Waals surface area (Å²) in [5, 5.41) is 0. The van der Waals surface area contributed by atoms with E-state index in [0.717, 1.165) is 5.56 Å². The smallest absolute Gasteiger partial charge is 0.411 e. The number of methoxy groups -OCH3 is 3. The number of rotatable bonds is 10. The minimum atomic E-state index is -0.960. The van der Waals surface area contributed by atoms with E-state index in [4.69, 9.17) is 35.3 Å². The van der Waals surface area contributed by atoms with Crippen LogP contribution in [-0.2, 0) is 34.0 Å². The molecule has 0 saturated carbocycles. The zero-order valence-corrected chi connectivity index (χ0v) is 19.8. The normalized spacial score (nSPS) is 19.8. The summed E-state index contributed by atoms with van der Waals surface area (Å²) in [6, 6.07) is 9.03. The summed E-state index contributed by atoms with van der Waals surface area (Å²) < 4.78 is 26.9. The monoisotopic (exact) mass is 467 g/mol. The predicted molar refractivity (Wildman–Crippen MR) is 119 cm³/mol. The highest BCUT2D eigenvalue weighted by Gasteiger charge is 2.40. The van der Waals surface area contributed by atoms with Gasteiger partial charge in [-0.2, -0.15) is 0 Å². The minimum Gasteiger partial charge on any atom is -0.498 e. The fourth-order valence-electron chi connectivity index (χ4n) is 3.71. The Balaban J connectivity index is 2.33. The molecule has 8 nitrogen and oxygen atoms in total. The predicted octanol–water partition coefficient (Wildman–Crippen LogP) is 3.60. The average Bonchev–Trinajstić information content (AvgIpc) is 2.84. The Labute approximate surface area is 193 Å². The second-order valence-electron chi connectivity index (χ2n) is 7.14. The summed E-state index contributed by atoms with van der Waals surface area (Å²) in [4.78, 5) is 26.9. The van der Waals surface area contributed by atoms with Crippen molar-refractivity contribution in [2.45, 2.75) is 31.1 Å². The molecule has 0 radical (unpaired) electrons. The van der Waals surface area contributed by atoms with E-state index in [1.54, 1.807) is 19.2 Å². The van der Waals surface area contributed by atoms with Crippen LogP contribution in [0.2, 0.25) is 0 Å². The quantitative estimate of drug-likeness (QED) is 0.384. The number of hydrogen-bond acceptors (Lipinski definition) is 7. The maximum Gasteiger partial charge on any atom is 0.411 e. The molecular formula is C23H30ClNO7. The molecule has 3 atom stereocenters. The van der Waals surface area contributed by atoms with Crippen LogP contribution in [0.5, 0.6) is 0 Å². The van der Waals surface area contributed by atoms with Gasteiger partial charge in [-0.05, 0) is 24.1 Å². The molecule has 1 aliphatic rings. The van der Waals surface area contributed by atoms with Crippen molar-refractivity contribution < 1.29 is 33.3 Å². The van der Waals surface area contributed by atoms with Crippen molar-refractivity contribution in [2.24, 2.45) is 0 Å². The van der Waals surface area contributed by atoms with E-state index in [1.807, 2.05) is 37.3 Å². The third-order valence-corrected chi connectivity index (χ3v) is 5.76. The summed E-state index contributed by atoms with van der Waals surface area (Å²) in [5.74, 6) is -0.134. The van der Waals surface area contributed by atoms with Crippen LogP contribution in [-0.4, -0.2) is 70.2 Å². The lowest BCUT2D eigenvalue weighted by Crippen LogP contribution is -2.50. The van der Waals surface area contributed by atoms with Gasteiger partial charge in [0, 0.05) is 21.3 Å². The van der Waals surface area contributed by atoms with E-state index >= 15 is 0 Å². The maximum absolute atomic E-state index is 13.0. The van der Waals surface area contributed by atoms with E-state index < -0.39 is 29.8 Å². The lowest BCUT2D eigenvalue weighted by atomic mass is 9.86. The summed E-state index contributed by atoms with van der Waals surface area (Å²) in [6.45, 7) is 1.80. The maximum atomic E-state index is 13.0. The molecule has 1 amide bonds. The summed E-state index contributed by atoms with van der Waals surface area (Å²) in [6.07, 6.45) is 2.03. The first-order chi connectivity index (χ1) is 15.4. The van der Waals surface area contributed by atoms with Crippen LogP contribution in [0.15, 0.2) is 53.8 Å². The van der Waals surface area contributed by atoms with Gasteiger partial charge in [-0.3, -0.25) is 4.90 Å². The topological polar surface area (TPSA) is 83.5 Å². The van der Waals surface area contributed by atoms with Crippen molar-refractivity contribution in [3.63, 3.8) is 0 Å². The van der Waals surface area contributed by atoms with Crippen molar-refractivity contribution in [1.29, 1.82) is 0 Å². The number of likely N-dealkylation sites (N-methyl/N-ethyl adjacent to an activating group) is 1. The number of benzene rings is 1. The van der Waals surface area contributed by atoms with E-state index in [0.29, 0.717) is 12.2 Å². The number of amides is 1. The Bertz CT molecular complexity index is 842. The molecule has 0 saturated heterocycles. The molecule has 0 fully saturated rings. The largest absolute Gasteiger partial charge is 0.498 e. The van der Waals surface area contributed by atoms with Gasteiger partial charge in [0.15, 0.2) is 6.07 Å². The third-order valence-electron chi connectivity index (χ3n) is 5.65. The van der Waals surface area contributed by atoms with Gasteiger partial charge in [0.2, 0.25) is 0 Å². The highest BCUT2D eigenvalue weighted by atomic mass is 35.5. The summed E-state index contributed by atoms with van der Waals surface area (Å²) in [7, 11) is 6.13. The molecule has 176 valence electrons. The van der Waals surface area contributed by atoms with Crippen molar-refractivity contribution >= 4 is 23.7 Å². The number of hydrogen-bond donors (Lipinski definition) is 0. The molecule has 0 aromatic heterocycles. The lowest BCUT2D eigenvalue weighted by molar-refractivity contribution is -0.143. The highest BCUT2D eigenvalue weighted by Crippen LogP contribution is 2.33. The minimum absolute atomic E-state index is 0.0981. The van der Waals surface area contributed by atoms with Gasteiger partial charge in [-0.25, -0.2) is 9.59 Å². The van der Waals surface area contributed by atoms with Crippen LogP contribution in [0.4, 0.5) is 4.79 Å². The Kier molecular flexibility index (Phi) is 9.56. The van der Waals surface area contributed by atoms with Gasteiger partial charge in [0.25, 0.3) is 0 Å². The van der Waals surface area contributed by atoms with Crippen LogP contribution in [0.25, 0.3) is 0 Å². The molecule has 0 aliphatic heterocycles. The Morgan fingerprint density at radius 3 is 2.31 bits per heavy atom. The van der Waals surface area contributed by atoms with Crippen molar-refractivity contribution in [2.75, 3.05) is 41.1 Å². The number of carbonyl (C=O) groups excluding carboxylic acids is 2. The Morgan fingerprint density at radius 2 is 1.78 bits per heavy atom. The van der Waals surface area contributed by atoms with Gasteiger partial charge >= 0.3 is 12.1 Å². The van der Waals surface area contributed by atoms with E-state index in [-0.39, 0.29) is 18.2 Å². The first kappa shape index (κ1) is 25.7. The molecule has 0 N–H and O–H groups in total. The van der Waals surface area contributed by atoms with Gasteiger partial charge < -0.3 is 23.7 Å². The molecule has 9 heteroatoms. The van der Waals surface area contributed by atoms with Crippen LogP contribution in [0.1, 0.15) is 18.9 Å². The van der Waals surface area contributed by atoms with E-state index in [2.05, 4.69) is 0 Å². The summed E-state index contributed by atoms with van der Waals surface area (Å²) in [5.41, 5.74) is 0.106. The first-order valence-corrected chi connectivity index (χ1v) is 10.6. The fourth-order valence-corrected chi connectivity index (χ4v) is 3.80. The van der Waals surface area contributed by atoms with E-state index in [1.165, 1.54) is 26.2 Å². The van der Waals surface area contributed by atoms with Gasteiger partial charge in [0.1, 0.15) is 30.1 Å². The zero-order chi connectivity index (χ0) is 23.7. The second-order valence-corrected chi connectivity index (χ2v) is 7.35. The summed E-state index contributed by atoms with van der Waals surface area (Å²) >= 11 is 5.58. The standard InChI is InChI=1S/C23H30ClNO7/c1-6-23(17-10-8-7-9-11-17,25(2)22(27)32-15-24)14-31-21(26)16-12-18(28-3)20(30-5)19(13-16)29-4/h7-13,18,20H,6,14-15H2,1-5H3/t18?,20?,23-/m1/s1. The SMILES string of the molecule is CC[C@@](COC(=O)C1=CC(OC)C(OC)C(OC)=C1)(c1ccccc1)N(C)C(=O)OCCl.